The lowest BCUT2D eigenvalue weighted by Gasteiger charge is -2.35. The molecule has 3 nitrogen and oxygen atoms in total. The van der Waals surface area contributed by atoms with Gasteiger partial charge in [-0.05, 0) is 75.0 Å². The molecule has 0 spiro atoms. The number of piperidine rings is 1. The van der Waals surface area contributed by atoms with E-state index in [-0.39, 0.29) is 0 Å². The Labute approximate surface area is 132 Å². The molecule has 22 heavy (non-hydrogen) atoms. The van der Waals surface area contributed by atoms with Crippen molar-refractivity contribution in [3.8, 4) is 0 Å². The van der Waals surface area contributed by atoms with Crippen molar-refractivity contribution in [1.29, 1.82) is 0 Å². The Hall–Kier alpha value is -1.45. The fraction of sp³-hybridized carbons (Fsp3) is 0.526. The smallest absolute Gasteiger partial charge is 0.0702 e. The molecule has 2 saturated heterocycles. The van der Waals surface area contributed by atoms with Gasteiger partial charge in [-0.15, -0.1) is 0 Å². The first-order valence-corrected chi connectivity index (χ1v) is 8.68. The van der Waals surface area contributed by atoms with Crippen LogP contribution in [-0.2, 0) is 6.54 Å². The summed E-state index contributed by atoms with van der Waals surface area (Å²) in [6.45, 7) is 4.80. The van der Waals surface area contributed by atoms with Gasteiger partial charge in [0.05, 0.1) is 5.52 Å². The largest absolute Gasteiger partial charge is 0.314 e. The summed E-state index contributed by atoms with van der Waals surface area (Å²) in [5.74, 6) is 0.902. The third-order valence-corrected chi connectivity index (χ3v) is 5.37. The van der Waals surface area contributed by atoms with Gasteiger partial charge in [-0.1, -0.05) is 12.1 Å². The highest BCUT2D eigenvalue weighted by atomic mass is 15.1. The van der Waals surface area contributed by atoms with Crippen LogP contribution < -0.4 is 5.32 Å². The number of aromatic nitrogens is 1. The number of rotatable bonds is 3. The minimum Gasteiger partial charge on any atom is -0.314 e. The van der Waals surface area contributed by atoms with Crippen LogP contribution in [0, 0.1) is 5.92 Å². The highest BCUT2D eigenvalue weighted by Crippen LogP contribution is 2.26. The van der Waals surface area contributed by atoms with Crippen LogP contribution in [0.15, 0.2) is 36.5 Å². The van der Waals surface area contributed by atoms with Crippen molar-refractivity contribution >= 4 is 10.9 Å². The molecule has 2 fully saturated rings. The van der Waals surface area contributed by atoms with Gasteiger partial charge in [0.15, 0.2) is 0 Å². The molecule has 4 rings (SSSR count). The van der Waals surface area contributed by atoms with E-state index in [9.17, 15) is 0 Å². The van der Waals surface area contributed by atoms with Crippen LogP contribution in [0.3, 0.4) is 0 Å². The summed E-state index contributed by atoms with van der Waals surface area (Å²) in [6.07, 6.45) is 7.34. The van der Waals surface area contributed by atoms with E-state index in [1.807, 2.05) is 12.3 Å². The van der Waals surface area contributed by atoms with E-state index in [4.69, 9.17) is 0 Å². The van der Waals surface area contributed by atoms with Gasteiger partial charge in [-0.2, -0.15) is 0 Å². The number of pyridine rings is 1. The lowest BCUT2D eigenvalue weighted by Crippen LogP contribution is -2.40. The average Bonchev–Trinajstić information content (AvgIpc) is 3.10. The molecule has 2 aromatic rings. The number of benzene rings is 1. The van der Waals surface area contributed by atoms with Gasteiger partial charge in [0.1, 0.15) is 0 Å². The van der Waals surface area contributed by atoms with Crippen molar-refractivity contribution in [3.05, 3.63) is 42.1 Å². The molecular formula is C19H25N3. The van der Waals surface area contributed by atoms with Gasteiger partial charge in [0.25, 0.3) is 0 Å². The Balaban J connectivity index is 1.37. The van der Waals surface area contributed by atoms with Crippen molar-refractivity contribution in [2.75, 3.05) is 19.6 Å². The summed E-state index contributed by atoms with van der Waals surface area (Å²) in [4.78, 5) is 7.02. The number of hydrogen-bond acceptors (Lipinski definition) is 3. The van der Waals surface area contributed by atoms with E-state index < -0.39 is 0 Å². The zero-order valence-electron chi connectivity index (χ0n) is 13.2. The predicted octanol–water partition coefficient (Wildman–Crippen LogP) is 3.20. The number of nitrogens with one attached hydrogen (secondary N) is 1. The van der Waals surface area contributed by atoms with Crippen LogP contribution in [0.4, 0.5) is 0 Å². The van der Waals surface area contributed by atoms with Crippen LogP contribution in [0.25, 0.3) is 10.9 Å². The number of likely N-dealkylation sites (tertiary alicyclic amines) is 1. The molecule has 0 amide bonds. The standard InChI is InChI=1S/C19H25N3/c1-3-17-13-15(5-6-19(17)21-9-1)14-22-11-7-16(8-12-22)18-4-2-10-20-18/h1,3,5-6,9,13,16,18,20H,2,4,7-8,10-12,14H2. The van der Waals surface area contributed by atoms with Gasteiger partial charge in [-0.25, -0.2) is 0 Å². The summed E-state index contributed by atoms with van der Waals surface area (Å²) in [5, 5.41) is 4.94. The molecule has 116 valence electrons. The normalized spacial score (nSPS) is 24.1. The lowest BCUT2D eigenvalue weighted by molar-refractivity contribution is 0.157. The summed E-state index contributed by atoms with van der Waals surface area (Å²) >= 11 is 0. The van der Waals surface area contributed by atoms with E-state index in [0.29, 0.717) is 0 Å². The van der Waals surface area contributed by atoms with E-state index in [1.54, 1.807) is 0 Å². The fourth-order valence-electron chi connectivity index (χ4n) is 4.11. The number of hydrogen-bond donors (Lipinski definition) is 1. The molecule has 1 aromatic carbocycles. The first-order valence-electron chi connectivity index (χ1n) is 8.68. The van der Waals surface area contributed by atoms with Crippen molar-refractivity contribution in [2.24, 2.45) is 5.92 Å². The second kappa shape index (κ2) is 6.35. The molecule has 3 heteroatoms. The maximum Gasteiger partial charge on any atom is 0.0702 e. The third kappa shape index (κ3) is 3.01. The molecule has 3 heterocycles. The molecule has 0 aliphatic carbocycles. The summed E-state index contributed by atoms with van der Waals surface area (Å²) in [7, 11) is 0. The first-order chi connectivity index (χ1) is 10.9. The number of nitrogens with zero attached hydrogens (tertiary/aromatic N) is 2. The minimum absolute atomic E-state index is 0.800. The molecule has 2 aliphatic rings. The lowest BCUT2D eigenvalue weighted by atomic mass is 9.88. The van der Waals surface area contributed by atoms with Crippen LogP contribution in [0.5, 0.6) is 0 Å². The van der Waals surface area contributed by atoms with Crippen LogP contribution in [0.1, 0.15) is 31.2 Å². The van der Waals surface area contributed by atoms with Crippen molar-refractivity contribution in [2.45, 2.75) is 38.3 Å². The Morgan fingerprint density at radius 2 is 2.05 bits per heavy atom. The van der Waals surface area contributed by atoms with Gasteiger partial charge in [-0.3, -0.25) is 9.88 Å². The molecule has 0 bridgehead atoms. The quantitative estimate of drug-likeness (QED) is 0.942. The topological polar surface area (TPSA) is 28.2 Å². The highest BCUT2D eigenvalue weighted by molar-refractivity contribution is 5.78. The summed E-state index contributed by atoms with van der Waals surface area (Å²) in [6, 6.07) is 11.7. The van der Waals surface area contributed by atoms with Crippen LogP contribution in [-0.4, -0.2) is 35.6 Å². The van der Waals surface area contributed by atoms with Gasteiger partial charge in [0.2, 0.25) is 0 Å². The number of fused-ring (bicyclic) bond motifs is 1. The molecule has 1 N–H and O–H groups in total. The minimum atomic E-state index is 0.800. The second-order valence-electron chi connectivity index (χ2n) is 6.85. The van der Waals surface area contributed by atoms with Crippen molar-refractivity contribution in [1.82, 2.24) is 15.2 Å². The average molecular weight is 295 g/mol. The first kappa shape index (κ1) is 14.2. The molecule has 1 atom stereocenters. The third-order valence-electron chi connectivity index (χ3n) is 5.37. The van der Waals surface area contributed by atoms with Crippen molar-refractivity contribution < 1.29 is 0 Å². The Morgan fingerprint density at radius 1 is 1.14 bits per heavy atom. The summed E-state index contributed by atoms with van der Waals surface area (Å²) in [5.41, 5.74) is 2.51. The maximum absolute atomic E-state index is 4.40. The van der Waals surface area contributed by atoms with E-state index >= 15 is 0 Å². The Kier molecular flexibility index (Phi) is 4.09. The zero-order chi connectivity index (χ0) is 14.8. The zero-order valence-corrected chi connectivity index (χ0v) is 13.2. The molecule has 0 radical (unpaired) electrons. The summed E-state index contributed by atoms with van der Waals surface area (Å²) < 4.78 is 0. The Morgan fingerprint density at radius 3 is 2.86 bits per heavy atom. The van der Waals surface area contributed by atoms with E-state index in [1.165, 1.54) is 56.3 Å². The van der Waals surface area contributed by atoms with Crippen molar-refractivity contribution in [3.63, 3.8) is 0 Å². The SMILES string of the molecule is c1cnc2ccc(CN3CCC(C4CCCN4)CC3)cc2c1. The van der Waals surface area contributed by atoms with Gasteiger partial charge < -0.3 is 5.32 Å². The molecule has 0 saturated carbocycles. The molecule has 1 unspecified atom stereocenters. The highest BCUT2D eigenvalue weighted by Gasteiger charge is 2.28. The van der Waals surface area contributed by atoms with Gasteiger partial charge >= 0.3 is 0 Å². The van der Waals surface area contributed by atoms with E-state index in [0.717, 1.165) is 24.0 Å². The molecular weight excluding hydrogens is 270 g/mol. The monoisotopic (exact) mass is 295 g/mol. The second-order valence-corrected chi connectivity index (χ2v) is 6.85. The Bertz CT molecular complexity index is 625. The van der Waals surface area contributed by atoms with Gasteiger partial charge in [0, 0.05) is 24.2 Å². The van der Waals surface area contributed by atoms with Crippen LogP contribution in [0.2, 0.25) is 0 Å². The predicted molar refractivity (Wildman–Crippen MR) is 90.8 cm³/mol. The molecule has 2 aliphatic heterocycles. The molecule has 1 aromatic heterocycles. The fourth-order valence-corrected chi connectivity index (χ4v) is 4.11. The maximum atomic E-state index is 4.40. The van der Waals surface area contributed by atoms with E-state index in [2.05, 4.69) is 39.5 Å². The van der Waals surface area contributed by atoms with Crippen LogP contribution >= 0.6 is 0 Å².